The summed E-state index contributed by atoms with van der Waals surface area (Å²) in [4.78, 5) is 25.0. The number of carbonyl (C=O) groups excluding carboxylic acids is 2. The minimum Gasteiger partial charge on any atom is -0.325 e. The van der Waals surface area contributed by atoms with Crippen molar-refractivity contribution in [2.45, 2.75) is 17.8 Å². The van der Waals surface area contributed by atoms with E-state index in [0.29, 0.717) is 15.7 Å². The van der Waals surface area contributed by atoms with Gasteiger partial charge in [-0.15, -0.1) is 0 Å². The summed E-state index contributed by atoms with van der Waals surface area (Å²) in [5.41, 5.74) is 1.49. The lowest BCUT2D eigenvalue weighted by Crippen LogP contribution is -2.41. The van der Waals surface area contributed by atoms with Gasteiger partial charge in [0.2, 0.25) is 5.91 Å². The van der Waals surface area contributed by atoms with E-state index in [2.05, 4.69) is 5.32 Å². The smallest absolute Gasteiger partial charge is 0.239 e. The monoisotopic (exact) mass is 357 g/mol. The third kappa shape index (κ3) is 2.20. The Kier molecular flexibility index (Phi) is 3.52. The molecule has 2 aromatic rings. The standard InChI is InChI=1S/C19H13Cl2NO2/c20-12-3-1-2-11(8-12)16-10-14(23)6-7-19(16)15-5-4-13(21)9-17(15)22-18(19)24/h1-9,16H,10H2,(H,22,24)/t16?,19-/m0/s1. The van der Waals surface area contributed by atoms with Crippen LogP contribution in [0.25, 0.3) is 0 Å². The van der Waals surface area contributed by atoms with Gasteiger partial charge < -0.3 is 5.32 Å². The first-order chi connectivity index (χ1) is 11.5. The van der Waals surface area contributed by atoms with Crippen LogP contribution in [0.2, 0.25) is 10.0 Å². The summed E-state index contributed by atoms with van der Waals surface area (Å²) >= 11 is 12.2. The third-order valence-corrected chi connectivity index (χ3v) is 5.26. The van der Waals surface area contributed by atoms with E-state index in [1.54, 1.807) is 24.3 Å². The van der Waals surface area contributed by atoms with E-state index in [1.165, 1.54) is 6.08 Å². The number of allylic oxidation sites excluding steroid dienone is 1. The SMILES string of the molecule is O=C1C=C[C@@]2(C(=O)Nc3cc(Cl)ccc32)C(c2cccc(Cl)c2)C1. The molecule has 0 saturated heterocycles. The molecule has 4 rings (SSSR count). The van der Waals surface area contributed by atoms with Crippen LogP contribution >= 0.6 is 23.2 Å². The summed E-state index contributed by atoms with van der Waals surface area (Å²) in [5, 5.41) is 4.05. The first-order valence-corrected chi connectivity index (χ1v) is 8.35. The average Bonchev–Trinajstić information content (AvgIpc) is 2.81. The van der Waals surface area contributed by atoms with E-state index < -0.39 is 5.41 Å². The van der Waals surface area contributed by atoms with Gasteiger partial charge in [0.15, 0.2) is 5.78 Å². The first kappa shape index (κ1) is 15.4. The van der Waals surface area contributed by atoms with Crippen molar-refractivity contribution in [3.63, 3.8) is 0 Å². The summed E-state index contributed by atoms with van der Waals surface area (Å²) < 4.78 is 0. The van der Waals surface area contributed by atoms with Crippen LogP contribution < -0.4 is 5.32 Å². The van der Waals surface area contributed by atoms with Crippen LogP contribution in [-0.4, -0.2) is 11.7 Å². The summed E-state index contributed by atoms with van der Waals surface area (Å²) in [6.45, 7) is 0. The number of hydrogen-bond donors (Lipinski definition) is 1. The molecule has 120 valence electrons. The van der Waals surface area contributed by atoms with Gasteiger partial charge in [-0.05, 0) is 41.5 Å². The largest absolute Gasteiger partial charge is 0.325 e. The highest BCUT2D eigenvalue weighted by atomic mass is 35.5. The fourth-order valence-electron chi connectivity index (χ4n) is 3.71. The van der Waals surface area contributed by atoms with Crippen LogP contribution in [0.1, 0.15) is 23.5 Å². The summed E-state index contributed by atoms with van der Waals surface area (Å²) in [7, 11) is 0. The van der Waals surface area contributed by atoms with Gasteiger partial charge in [0.25, 0.3) is 0 Å². The third-order valence-electron chi connectivity index (χ3n) is 4.79. The summed E-state index contributed by atoms with van der Waals surface area (Å²) in [6, 6.07) is 12.7. The lowest BCUT2D eigenvalue weighted by Gasteiger charge is -2.36. The fraction of sp³-hybridized carbons (Fsp3) is 0.158. The Morgan fingerprint density at radius 1 is 1.04 bits per heavy atom. The van der Waals surface area contributed by atoms with Gasteiger partial charge >= 0.3 is 0 Å². The molecular weight excluding hydrogens is 345 g/mol. The van der Waals surface area contributed by atoms with Crippen molar-refractivity contribution in [2.24, 2.45) is 0 Å². The molecule has 5 heteroatoms. The molecule has 0 aromatic heterocycles. The highest BCUT2D eigenvalue weighted by molar-refractivity contribution is 6.31. The second-order valence-corrected chi connectivity index (χ2v) is 7.00. The van der Waals surface area contributed by atoms with Crippen molar-refractivity contribution in [3.05, 3.63) is 75.8 Å². The highest BCUT2D eigenvalue weighted by Crippen LogP contribution is 2.52. The van der Waals surface area contributed by atoms with Gasteiger partial charge in [-0.1, -0.05) is 47.5 Å². The number of rotatable bonds is 1. The Morgan fingerprint density at radius 2 is 1.83 bits per heavy atom. The number of nitrogens with one attached hydrogen (secondary N) is 1. The van der Waals surface area contributed by atoms with Gasteiger partial charge in [-0.25, -0.2) is 0 Å². The van der Waals surface area contributed by atoms with E-state index in [0.717, 1.165) is 11.1 Å². The Labute approximate surface area is 149 Å². The van der Waals surface area contributed by atoms with E-state index in [1.807, 2.05) is 24.3 Å². The number of amides is 1. The molecule has 1 heterocycles. The number of ketones is 1. The molecule has 1 amide bonds. The molecule has 1 aliphatic heterocycles. The van der Waals surface area contributed by atoms with Crippen LogP contribution in [0.3, 0.4) is 0 Å². The van der Waals surface area contributed by atoms with Gasteiger partial charge in [-0.3, -0.25) is 9.59 Å². The lowest BCUT2D eigenvalue weighted by atomic mass is 9.64. The zero-order chi connectivity index (χ0) is 16.9. The van der Waals surface area contributed by atoms with Gasteiger partial charge in [0, 0.05) is 28.1 Å². The first-order valence-electron chi connectivity index (χ1n) is 7.60. The topological polar surface area (TPSA) is 46.2 Å². The number of halogens is 2. The molecular formula is C19H13Cl2NO2. The van der Waals surface area contributed by atoms with Gasteiger partial charge in [-0.2, -0.15) is 0 Å². The van der Waals surface area contributed by atoms with Crippen molar-refractivity contribution in [1.29, 1.82) is 0 Å². The Bertz CT molecular complexity index is 906. The van der Waals surface area contributed by atoms with E-state index in [9.17, 15) is 9.59 Å². The molecule has 0 fully saturated rings. The molecule has 2 aromatic carbocycles. The van der Waals surface area contributed by atoms with Crippen LogP contribution in [-0.2, 0) is 15.0 Å². The van der Waals surface area contributed by atoms with Crippen LogP contribution in [0.5, 0.6) is 0 Å². The highest BCUT2D eigenvalue weighted by Gasteiger charge is 2.53. The number of anilines is 1. The Morgan fingerprint density at radius 3 is 2.62 bits per heavy atom. The zero-order valence-electron chi connectivity index (χ0n) is 12.6. The Hall–Kier alpha value is -2.10. The Balaban J connectivity index is 1.95. The van der Waals surface area contributed by atoms with Crippen molar-refractivity contribution in [3.8, 4) is 0 Å². The van der Waals surface area contributed by atoms with E-state index in [4.69, 9.17) is 23.2 Å². The van der Waals surface area contributed by atoms with Crippen molar-refractivity contribution < 1.29 is 9.59 Å². The van der Waals surface area contributed by atoms with Crippen molar-refractivity contribution in [2.75, 3.05) is 5.32 Å². The molecule has 3 nitrogen and oxygen atoms in total. The van der Waals surface area contributed by atoms with Gasteiger partial charge in [0.05, 0.1) is 0 Å². The molecule has 0 saturated carbocycles. The molecule has 0 radical (unpaired) electrons. The van der Waals surface area contributed by atoms with E-state index >= 15 is 0 Å². The molecule has 2 atom stereocenters. The molecule has 0 bridgehead atoms. The van der Waals surface area contributed by atoms with Crippen LogP contribution in [0.4, 0.5) is 5.69 Å². The minimum atomic E-state index is -0.918. The number of fused-ring (bicyclic) bond motifs is 2. The molecule has 1 unspecified atom stereocenters. The normalized spacial score (nSPS) is 25.0. The molecule has 1 aliphatic carbocycles. The van der Waals surface area contributed by atoms with Crippen LogP contribution in [0.15, 0.2) is 54.6 Å². The number of carbonyl (C=O) groups is 2. The second kappa shape index (κ2) is 5.47. The predicted molar refractivity (Wildman–Crippen MR) is 94.7 cm³/mol. The molecule has 2 aliphatic rings. The maximum absolute atomic E-state index is 12.9. The van der Waals surface area contributed by atoms with Crippen molar-refractivity contribution in [1.82, 2.24) is 0 Å². The quantitative estimate of drug-likeness (QED) is 0.816. The lowest BCUT2D eigenvalue weighted by molar-refractivity contribution is -0.121. The van der Waals surface area contributed by atoms with Gasteiger partial charge in [0.1, 0.15) is 5.41 Å². The predicted octanol–water partition coefficient (Wildman–Crippen LogP) is 4.50. The molecule has 1 N–H and O–H groups in total. The summed E-state index contributed by atoms with van der Waals surface area (Å²) in [6.07, 6.45) is 3.48. The maximum Gasteiger partial charge on any atom is 0.239 e. The zero-order valence-corrected chi connectivity index (χ0v) is 14.1. The van der Waals surface area contributed by atoms with Crippen molar-refractivity contribution >= 4 is 40.6 Å². The average molecular weight is 358 g/mol. The second-order valence-electron chi connectivity index (χ2n) is 6.12. The number of hydrogen-bond acceptors (Lipinski definition) is 2. The maximum atomic E-state index is 12.9. The fourth-order valence-corrected chi connectivity index (χ4v) is 4.09. The number of benzene rings is 2. The van der Waals surface area contributed by atoms with Crippen LogP contribution in [0, 0.1) is 0 Å². The molecule has 1 spiro atoms. The molecule has 24 heavy (non-hydrogen) atoms. The van der Waals surface area contributed by atoms with E-state index in [-0.39, 0.29) is 24.0 Å². The summed E-state index contributed by atoms with van der Waals surface area (Å²) in [5.74, 6) is -0.453. The minimum absolute atomic E-state index is 0.000754.